The smallest absolute Gasteiger partial charge is 0.264 e. The van der Waals surface area contributed by atoms with Crippen LogP contribution in [0.5, 0.6) is 5.75 Å². The van der Waals surface area contributed by atoms with Crippen molar-refractivity contribution in [2.75, 3.05) is 23.3 Å². The second kappa shape index (κ2) is 12.5. The minimum absolute atomic E-state index is 0.0372. The Bertz CT molecular complexity index is 1600. The average molecular weight is 558 g/mol. The van der Waals surface area contributed by atoms with Gasteiger partial charge in [-0.15, -0.1) is 0 Å². The standard InChI is InChI=1S/C31H31N3O5S/c1-22-13-16-25(17-14-22)40(37,38)34(28-19-23(2)15-18-29(28)39-3)21-30(35)33-27-12-8-7-11-26(27)31(36)32-20-24-9-5-4-6-10-24/h4-19H,20-21H2,1-3H3,(H,32,36)(H,33,35). The fourth-order valence-corrected chi connectivity index (χ4v) is 5.54. The summed E-state index contributed by atoms with van der Waals surface area (Å²) in [5, 5.41) is 5.58. The summed E-state index contributed by atoms with van der Waals surface area (Å²) in [6.45, 7) is 3.45. The van der Waals surface area contributed by atoms with Crippen molar-refractivity contribution in [3.63, 3.8) is 0 Å². The molecule has 206 valence electrons. The zero-order valence-electron chi connectivity index (χ0n) is 22.5. The molecule has 0 saturated heterocycles. The minimum atomic E-state index is -4.16. The summed E-state index contributed by atoms with van der Waals surface area (Å²) in [6, 6.07) is 27.6. The van der Waals surface area contributed by atoms with Crippen LogP contribution in [0.3, 0.4) is 0 Å². The summed E-state index contributed by atoms with van der Waals surface area (Å²) in [5.41, 5.74) is 3.38. The van der Waals surface area contributed by atoms with Crippen molar-refractivity contribution < 1.29 is 22.7 Å². The fraction of sp³-hybridized carbons (Fsp3) is 0.161. The molecular weight excluding hydrogens is 526 g/mol. The first-order valence-electron chi connectivity index (χ1n) is 12.6. The van der Waals surface area contributed by atoms with Crippen LogP contribution in [-0.4, -0.2) is 33.9 Å². The number of amides is 2. The van der Waals surface area contributed by atoms with Gasteiger partial charge in [-0.3, -0.25) is 13.9 Å². The number of hydrogen-bond acceptors (Lipinski definition) is 5. The van der Waals surface area contributed by atoms with Gasteiger partial charge >= 0.3 is 0 Å². The van der Waals surface area contributed by atoms with Crippen LogP contribution in [0, 0.1) is 13.8 Å². The van der Waals surface area contributed by atoms with Crippen LogP contribution in [0.25, 0.3) is 0 Å². The van der Waals surface area contributed by atoms with E-state index in [0.29, 0.717) is 12.3 Å². The number of aryl methyl sites for hydroxylation is 2. The Kier molecular flexibility index (Phi) is 8.86. The van der Waals surface area contributed by atoms with Crippen LogP contribution in [-0.2, 0) is 21.4 Å². The number of carbonyl (C=O) groups excluding carboxylic acids is 2. The number of sulfonamides is 1. The number of carbonyl (C=O) groups is 2. The molecule has 4 aromatic carbocycles. The maximum Gasteiger partial charge on any atom is 0.264 e. The van der Waals surface area contributed by atoms with Crippen molar-refractivity contribution in [2.45, 2.75) is 25.3 Å². The van der Waals surface area contributed by atoms with Gasteiger partial charge in [0.1, 0.15) is 12.3 Å². The number of hydrogen-bond donors (Lipinski definition) is 2. The van der Waals surface area contributed by atoms with E-state index in [2.05, 4.69) is 10.6 Å². The van der Waals surface area contributed by atoms with Crippen LogP contribution in [0.2, 0.25) is 0 Å². The van der Waals surface area contributed by atoms with E-state index < -0.39 is 22.5 Å². The highest BCUT2D eigenvalue weighted by molar-refractivity contribution is 7.92. The first-order valence-corrected chi connectivity index (χ1v) is 14.1. The Balaban J connectivity index is 1.62. The number of rotatable bonds is 10. The molecule has 0 heterocycles. The molecule has 0 atom stereocenters. The third-order valence-corrected chi connectivity index (χ3v) is 8.01. The number of ether oxygens (including phenoxy) is 1. The van der Waals surface area contributed by atoms with Crippen LogP contribution in [0.1, 0.15) is 27.0 Å². The third kappa shape index (κ3) is 6.68. The molecule has 0 aliphatic rings. The van der Waals surface area contributed by atoms with Gasteiger partial charge in [-0.2, -0.15) is 0 Å². The Hall–Kier alpha value is -4.63. The average Bonchev–Trinajstić information content (AvgIpc) is 2.95. The Labute approximate surface area is 234 Å². The van der Waals surface area contributed by atoms with Gasteiger partial charge in [0, 0.05) is 6.54 Å². The Morgan fingerprint density at radius 3 is 2.17 bits per heavy atom. The highest BCUT2D eigenvalue weighted by Crippen LogP contribution is 2.33. The van der Waals surface area contributed by atoms with Crippen molar-refractivity contribution in [3.05, 3.63) is 119 Å². The molecule has 0 fully saturated rings. The Morgan fingerprint density at radius 2 is 1.48 bits per heavy atom. The van der Waals surface area contributed by atoms with Gasteiger partial charge in [-0.25, -0.2) is 8.42 Å². The second-order valence-electron chi connectivity index (χ2n) is 9.26. The summed E-state index contributed by atoms with van der Waals surface area (Å²) in [7, 11) is -2.72. The number of methoxy groups -OCH3 is 1. The van der Waals surface area contributed by atoms with Crippen LogP contribution in [0.4, 0.5) is 11.4 Å². The van der Waals surface area contributed by atoms with Gasteiger partial charge in [0.25, 0.3) is 15.9 Å². The van der Waals surface area contributed by atoms with Crippen LogP contribution < -0.4 is 19.7 Å². The lowest BCUT2D eigenvalue weighted by Gasteiger charge is -2.26. The summed E-state index contributed by atoms with van der Waals surface area (Å²) < 4.78 is 34.1. The van der Waals surface area contributed by atoms with Gasteiger partial charge < -0.3 is 15.4 Å². The molecule has 2 amide bonds. The molecule has 40 heavy (non-hydrogen) atoms. The molecule has 0 aliphatic carbocycles. The lowest BCUT2D eigenvalue weighted by Crippen LogP contribution is -2.38. The molecular formula is C31H31N3O5S. The molecule has 0 unspecified atom stereocenters. The van der Waals surface area contributed by atoms with Crippen LogP contribution >= 0.6 is 0 Å². The van der Waals surface area contributed by atoms with E-state index in [1.165, 1.54) is 19.2 Å². The largest absolute Gasteiger partial charge is 0.495 e. The highest BCUT2D eigenvalue weighted by Gasteiger charge is 2.30. The van der Waals surface area contributed by atoms with E-state index in [-0.39, 0.29) is 27.7 Å². The molecule has 0 saturated carbocycles. The van der Waals surface area contributed by atoms with Crippen LogP contribution in [0.15, 0.2) is 102 Å². The molecule has 0 bridgehead atoms. The Morgan fingerprint density at radius 1 is 0.825 bits per heavy atom. The second-order valence-corrected chi connectivity index (χ2v) is 11.1. The monoisotopic (exact) mass is 557 g/mol. The molecule has 4 aromatic rings. The van der Waals surface area contributed by atoms with E-state index in [0.717, 1.165) is 21.0 Å². The minimum Gasteiger partial charge on any atom is -0.495 e. The lowest BCUT2D eigenvalue weighted by atomic mass is 10.1. The lowest BCUT2D eigenvalue weighted by molar-refractivity contribution is -0.114. The van der Waals surface area contributed by atoms with Gasteiger partial charge in [0.15, 0.2) is 0 Å². The highest BCUT2D eigenvalue weighted by atomic mass is 32.2. The molecule has 0 radical (unpaired) electrons. The van der Waals surface area contributed by atoms with E-state index >= 15 is 0 Å². The van der Waals surface area contributed by atoms with Crippen molar-refractivity contribution in [1.29, 1.82) is 0 Å². The van der Waals surface area contributed by atoms with E-state index in [1.54, 1.807) is 54.6 Å². The van der Waals surface area contributed by atoms with Crippen molar-refractivity contribution >= 4 is 33.2 Å². The van der Waals surface area contributed by atoms with Gasteiger partial charge in [0.05, 0.1) is 28.9 Å². The normalized spacial score (nSPS) is 11.0. The third-order valence-electron chi connectivity index (χ3n) is 6.24. The molecule has 8 nitrogen and oxygen atoms in total. The SMILES string of the molecule is COc1ccc(C)cc1N(CC(=O)Nc1ccccc1C(=O)NCc1ccccc1)S(=O)(=O)c1ccc(C)cc1. The molecule has 9 heteroatoms. The molecule has 0 aliphatic heterocycles. The first kappa shape index (κ1) is 28.4. The van der Waals surface area contributed by atoms with E-state index in [9.17, 15) is 18.0 Å². The summed E-state index contributed by atoms with van der Waals surface area (Å²) in [4.78, 5) is 26.4. The zero-order chi connectivity index (χ0) is 28.7. The van der Waals surface area contributed by atoms with Crippen molar-refractivity contribution in [2.24, 2.45) is 0 Å². The van der Waals surface area contributed by atoms with Crippen molar-refractivity contribution in [1.82, 2.24) is 5.32 Å². The number of benzene rings is 4. The number of nitrogens with one attached hydrogen (secondary N) is 2. The molecule has 0 spiro atoms. The molecule has 0 aromatic heterocycles. The topological polar surface area (TPSA) is 105 Å². The molecule has 4 rings (SSSR count). The van der Waals surface area contributed by atoms with E-state index in [4.69, 9.17) is 4.74 Å². The number of nitrogens with zero attached hydrogens (tertiary/aromatic N) is 1. The summed E-state index contributed by atoms with van der Waals surface area (Å²) in [6.07, 6.45) is 0. The maximum atomic E-state index is 13.8. The summed E-state index contributed by atoms with van der Waals surface area (Å²) >= 11 is 0. The maximum absolute atomic E-state index is 13.8. The van der Waals surface area contributed by atoms with E-state index in [1.807, 2.05) is 44.2 Å². The predicted octanol–water partition coefficient (Wildman–Crippen LogP) is 5.08. The zero-order valence-corrected chi connectivity index (χ0v) is 23.4. The quantitative estimate of drug-likeness (QED) is 0.283. The van der Waals surface area contributed by atoms with Gasteiger partial charge in [-0.1, -0.05) is 66.2 Å². The number of anilines is 2. The first-order chi connectivity index (χ1) is 19.2. The van der Waals surface area contributed by atoms with Crippen molar-refractivity contribution in [3.8, 4) is 5.75 Å². The van der Waals surface area contributed by atoms with Gasteiger partial charge in [0.2, 0.25) is 5.91 Å². The fourth-order valence-electron chi connectivity index (χ4n) is 4.12. The number of para-hydroxylation sites is 1. The summed E-state index contributed by atoms with van der Waals surface area (Å²) in [5.74, 6) is -0.693. The van der Waals surface area contributed by atoms with Gasteiger partial charge in [-0.05, 0) is 61.4 Å². The molecule has 2 N–H and O–H groups in total. The predicted molar refractivity (Wildman–Crippen MR) is 156 cm³/mol.